The maximum Gasteiger partial charge on any atom is 0.227 e. The number of benzene rings is 1. The van der Waals surface area contributed by atoms with Gasteiger partial charge in [-0.15, -0.1) is 0 Å². The minimum atomic E-state index is 0.204. The Balaban J connectivity index is 1.60. The van der Waals surface area contributed by atoms with E-state index in [9.17, 15) is 4.79 Å². The summed E-state index contributed by atoms with van der Waals surface area (Å²) in [5.74, 6) is 0.996. The van der Waals surface area contributed by atoms with Gasteiger partial charge in [-0.05, 0) is 44.2 Å². The Morgan fingerprint density at radius 1 is 1.19 bits per heavy atom. The number of hydrogen-bond donors (Lipinski definition) is 2. The summed E-state index contributed by atoms with van der Waals surface area (Å²) in [7, 11) is 1.77. The molecule has 26 heavy (non-hydrogen) atoms. The number of fused-ring (bicyclic) bond motifs is 1. The highest BCUT2D eigenvalue weighted by molar-refractivity contribution is 5.95. The highest BCUT2D eigenvalue weighted by Crippen LogP contribution is 2.27. The van der Waals surface area contributed by atoms with Gasteiger partial charge >= 0.3 is 0 Å². The van der Waals surface area contributed by atoms with Crippen molar-refractivity contribution < 1.29 is 9.53 Å². The second kappa shape index (κ2) is 11.5. The molecule has 1 amide bonds. The molecule has 6 heteroatoms. The van der Waals surface area contributed by atoms with Crippen molar-refractivity contribution in [2.75, 3.05) is 44.8 Å². The van der Waals surface area contributed by atoms with Crippen LogP contribution < -0.4 is 15.5 Å². The molecule has 0 radical (unpaired) electrons. The zero-order valence-corrected chi connectivity index (χ0v) is 16.1. The number of rotatable bonds is 10. The standard InChI is InChI=1S/C20H32N4O2/c1-3-26-16-7-6-13-22-20(21-2)23-14-8-11-19(25)24-15-12-17-9-4-5-10-18(17)24/h4-5,9-10H,3,6-8,11-16H2,1-2H3,(H2,21,22,23). The molecule has 0 bridgehead atoms. The maximum absolute atomic E-state index is 12.5. The number of amides is 1. The number of nitrogens with one attached hydrogen (secondary N) is 2. The van der Waals surface area contributed by atoms with Crippen molar-refractivity contribution in [2.24, 2.45) is 4.99 Å². The van der Waals surface area contributed by atoms with Gasteiger partial charge in [-0.25, -0.2) is 0 Å². The van der Waals surface area contributed by atoms with Gasteiger partial charge in [0.1, 0.15) is 0 Å². The summed E-state index contributed by atoms with van der Waals surface area (Å²) in [5.41, 5.74) is 2.35. The predicted molar refractivity (Wildman–Crippen MR) is 107 cm³/mol. The van der Waals surface area contributed by atoms with E-state index in [1.54, 1.807) is 7.05 Å². The van der Waals surface area contributed by atoms with Crippen LogP contribution in [0, 0.1) is 0 Å². The van der Waals surface area contributed by atoms with Crippen molar-refractivity contribution in [1.29, 1.82) is 0 Å². The number of unbranched alkanes of at least 4 members (excludes halogenated alkanes) is 1. The van der Waals surface area contributed by atoms with E-state index in [4.69, 9.17) is 4.74 Å². The minimum Gasteiger partial charge on any atom is -0.382 e. The van der Waals surface area contributed by atoms with E-state index in [2.05, 4.69) is 21.7 Å². The molecule has 144 valence electrons. The highest BCUT2D eigenvalue weighted by Gasteiger charge is 2.23. The van der Waals surface area contributed by atoms with Crippen LogP contribution in [-0.4, -0.2) is 51.8 Å². The summed E-state index contributed by atoms with van der Waals surface area (Å²) >= 11 is 0. The molecule has 1 aromatic carbocycles. The Hall–Kier alpha value is -2.08. The summed E-state index contributed by atoms with van der Waals surface area (Å²) in [6.45, 7) is 6.01. The van der Waals surface area contributed by atoms with E-state index < -0.39 is 0 Å². The quantitative estimate of drug-likeness (QED) is 0.382. The number of carbonyl (C=O) groups is 1. The highest BCUT2D eigenvalue weighted by atomic mass is 16.5. The maximum atomic E-state index is 12.5. The molecule has 0 aliphatic carbocycles. The van der Waals surface area contributed by atoms with E-state index in [1.165, 1.54) is 5.56 Å². The number of aliphatic imine (C=N–C) groups is 1. The molecule has 1 aliphatic heterocycles. The Morgan fingerprint density at radius 3 is 2.73 bits per heavy atom. The molecule has 0 spiro atoms. The third-order valence-corrected chi connectivity index (χ3v) is 4.48. The average Bonchev–Trinajstić information content (AvgIpc) is 3.10. The van der Waals surface area contributed by atoms with Crippen LogP contribution in [0.4, 0.5) is 5.69 Å². The zero-order chi connectivity index (χ0) is 18.6. The first-order valence-corrected chi connectivity index (χ1v) is 9.66. The zero-order valence-electron chi connectivity index (χ0n) is 16.1. The number of para-hydroxylation sites is 1. The predicted octanol–water partition coefficient (Wildman–Crippen LogP) is 2.34. The summed E-state index contributed by atoms with van der Waals surface area (Å²) < 4.78 is 5.32. The van der Waals surface area contributed by atoms with Crippen molar-refractivity contribution in [3.63, 3.8) is 0 Å². The van der Waals surface area contributed by atoms with E-state index in [1.807, 2.05) is 30.0 Å². The molecule has 1 heterocycles. The van der Waals surface area contributed by atoms with Crippen LogP contribution in [0.15, 0.2) is 29.3 Å². The molecule has 0 fully saturated rings. The molecule has 1 aromatic rings. The van der Waals surface area contributed by atoms with Crippen molar-refractivity contribution >= 4 is 17.6 Å². The normalized spacial score (nSPS) is 13.6. The van der Waals surface area contributed by atoms with E-state index in [0.29, 0.717) is 6.42 Å². The van der Waals surface area contributed by atoms with Crippen molar-refractivity contribution in [1.82, 2.24) is 10.6 Å². The largest absolute Gasteiger partial charge is 0.382 e. The summed E-state index contributed by atoms with van der Waals surface area (Å²) in [5, 5.41) is 6.56. The van der Waals surface area contributed by atoms with E-state index in [-0.39, 0.29) is 5.91 Å². The fourth-order valence-electron chi connectivity index (χ4n) is 3.08. The lowest BCUT2D eigenvalue weighted by Crippen LogP contribution is -2.38. The fourth-order valence-corrected chi connectivity index (χ4v) is 3.08. The Labute approximate surface area is 157 Å². The van der Waals surface area contributed by atoms with Gasteiger partial charge < -0.3 is 20.3 Å². The molecule has 0 unspecified atom stereocenters. The van der Waals surface area contributed by atoms with E-state index >= 15 is 0 Å². The second-order valence-electron chi connectivity index (χ2n) is 6.36. The molecule has 1 aliphatic rings. The monoisotopic (exact) mass is 360 g/mol. The third kappa shape index (κ3) is 6.33. The molecular formula is C20H32N4O2. The summed E-state index contributed by atoms with van der Waals surface area (Å²) in [6.07, 6.45) is 4.40. The van der Waals surface area contributed by atoms with Gasteiger partial charge in [0.2, 0.25) is 5.91 Å². The Morgan fingerprint density at radius 2 is 1.96 bits per heavy atom. The molecular weight excluding hydrogens is 328 g/mol. The van der Waals surface area contributed by atoms with Gasteiger partial charge in [0.15, 0.2) is 5.96 Å². The number of nitrogens with zero attached hydrogens (tertiary/aromatic N) is 2. The first kappa shape index (κ1) is 20.2. The minimum absolute atomic E-state index is 0.204. The van der Waals surface area contributed by atoms with Crippen LogP contribution >= 0.6 is 0 Å². The number of ether oxygens (including phenoxy) is 1. The number of anilines is 1. The number of carbonyl (C=O) groups excluding carboxylic acids is 1. The molecule has 0 saturated heterocycles. The summed E-state index contributed by atoms with van der Waals surface area (Å²) in [6, 6.07) is 8.17. The van der Waals surface area contributed by atoms with Gasteiger partial charge in [0.05, 0.1) is 0 Å². The number of guanidine groups is 1. The first-order chi connectivity index (χ1) is 12.8. The van der Waals surface area contributed by atoms with Gasteiger partial charge in [-0.2, -0.15) is 0 Å². The molecule has 6 nitrogen and oxygen atoms in total. The second-order valence-corrected chi connectivity index (χ2v) is 6.36. The average molecular weight is 361 g/mol. The van der Waals surface area contributed by atoms with Crippen LogP contribution in [0.25, 0.3) is 0 Å². The SMILES string of the molecule is CCOCCCCNC(=NC)NCCCC(=O)N1CCc2ccccc21. The molecule has 0 atom stereocenters. The smallest absolute Gasteiger partial charge is 0.227 e. The Kier molecular flexibility index (Phi) is 8.96. The lowest BCUT2D eigenvalue weighted by atomic mass is 10.2. The van der Waals surface area contributed by atoms with Crippen LogP contribution in [0.1, 0.15) is 38.2 Å². The third-order valence-electron chi connectivity index (χ3n) is 4.48. The molecule has 0 aromatic heterocycles. The van der Waals surface area contributed by atoms with Gasteiger partial charge in [0.25, 0.3) is 0 Å². The molecule has 2 N–H and O–H groups in total. The van der Waals surface area contributed by atoms with Crippen molar-refractivity contribution in [3.8, 4) is 0 Å². The lowest BCUT2D eigenvalue weighted by molar-refractivity contribution is -0.118. The van der Waals surface area contributed by atoms with Crippen molar-refractivity contribution in [3.05, 3.63) is 29.8 Å². The van der Waals surface area contributed by atoms with E-state index in [0.717, 1.165) is 70.2 Å². The number of hydrogen-bond acceptors (Lipinski definition) is 3. The van der Waals surface area contributed by atoms with Crippen LogP contribution in [0.2, 0.25) is 0 Å². The van der Waals surface area contributed by atoms with Gasteiger partial charge in [-0.3, -0.25) is 9.79 Å². The fraction of sp³-hybridized carbons (Fsp3) is 0.600. The van der Waals surface area contributed by atoms with Crippen LogP contribution in [-0.2, 0) is 16.0 Å². The molecule has 2 rings (SSSR count). The van der Waals surface area contributed by atoms with Gasteiger partial charge in [0, 0.05) is 52.0 Å². The Bertz CT molecular complexity index is 589. The lowest BCUT2D eigenvalue weighted by Gasteiger charge is -2.17. The van der Waals surface area contributed by atoms with Crippen LogP contribution in [0.3, 0.4) is 0 Å². The summed E-state index contributed by atoms with van der Waals surface area (Å²) in [4.78, 5) is 18.6. The topological polar surface area (TPSA) is 66.0 Å². The molecule has 0 saturated carbocycles. The first-order valence-electron chi connectivity index (χ1n) is 9.66. The van der Waals surface area contributed by atoms with Gasteiger partial charge in [-0.1, -0.05) is 18.2 Å². The van der Waals surface area contributed by atoms with Crippen LogP contribution in [0.5, 0.6) is 0 Å². The van der Waals surface area contributed by atoms with Crippen molar-refractivity contribution in [2.45, 2.75) is 39.0 Å².